The van der Waals surface area contributed by atoms with Gasteiger partial charge in [-0.05, 0) is 30.3 Å². The van der Waals surface area contributed by atoms with Crippen molar-refractivity contribution in [2.45, 2.75) is 6.92 Å². The third kappa shape index (κ3) is 2.81. The number of ether oxygens (including phenoxy) is 2. The molecule has 1 aromatic carbocycles. The predicted molar refractivity (Wildman–Crippen MR) is 81.9 cm³/mol. The molecule has 0 aliphatic rings. The standard InChI is InChI=1S/C16H11FN2O5/c1-2-22-16(20)15-14(10-8-18-6-5-12(10)23-15)24-13-4-3-9(19-21)7-11(13)17/h3-8H,2H2,1H3. The SMILES string of the molecule is CCOC(=O)c1oc2ccncc2c1Oc1ccc(N=O)cc1F. The fourth-order valence-corrected chi connectivity index (χ4v) is 2.09. The van der Waals surface area contributed by atoms with Gasteiger partial charge in [0.25, 0.3) is 5.76 Å². The van der Waals surface area contributed by atoms with Crippen molar-refractivity contribution in [1.82, 2.24) is 4.98 Å². The average molecular weight is 330 g/mol. The Morgan fingerprint density at radius 1 is 1.38 bits per heavy atom. The molecule has 0 amide bonds. The highest BCUT2D eigenvalue weighted by Gasteiger charge is 2.25. The Morgan fingerprint density at radius 2 is 2.21 bits per heavy atom. The zero-order chi connectivity index (χ0) is 17.1. The van der Waals surface area contributed by atoms with Crippen molar-refractivity contribution in [3.05, 3.63) is 53.1 Å². The Kier molecular flexibility index (Phi) is 4.19. The van der Waals surface area contributed by atoms with Gasteiger partial charge in [0.2, 0.25) is 0 Å². The van der Waals surface area contributed by atoms with Gasteiger partial charge in [-0.15, -0.1) is 4.91 Å². The average Bonchev–Trinajstić information content (AvgIpc) is 2.95. The van der Waals surface area contributed by atoms with Gasteiger partial charge in [0.1, 0.15) is 11.3 Å². The number of nitrogens with zero attached hydrogens (tertiary/aromatic N) is 2. The Bertz CT molecular complexity index is 922. The number of esters is 1. The van der Waals surface area contributed by atoms with Crippen molar-refractivity contribution in [2.24, 2.45) is 5.18 Å². The quantitative estimate of drug-likeness (QED) is 0.510. The van der Waals surface area contributed by atoms with Crippen LogP contribution in [0.4, 0.5) is 10.1 Å². The summed E-state index contributed by atoms with van der Waals surface area (Å²) in [7, 11) is 0. The van der Waals surface area contributed by atoms with Crippen molar-refractivity contribution in [2.75, 3.05) is 6.61 Å². The van der Waals surface area contributed by atoms with Crippen molar-refractivity contribution < 1.29 is 23.1 Å². The number of nitroso groups, excluding NO2 is 1. The summed E-state index contributed by atoms with van der Waals surface area (Å²) in [4.78, 5) is 26.4. The normalized spacial score (nSPS) is 10.6. The first-order chi connectivity index (χ1) is 11.6. The van der Waals surface area contributed by atoms with E-state index >= 15 is 0 Å². The smallest absolute Gasteiger partial charge is 0.378 e. The Hall–Kier alpha value is -3.29. The zero-order valence-corrected chi connectivity index (χ0v) is 12.5. The van der Waals surface area contributed by atoms with Gasteiger partial charge in [-0.25, -0.2) is 9.18 Å². The van der Waals surface area contributed by atoms with Crippen LogP contribution in [0.1, 0.15) is 17.5 Å². The zero-order valence-electron chi connectivity index (χ0n) is 12.5. The summed E-state index contributed by atoms with van der Waals surface area (Å²) in [6.07, 6.45) is 2.91. The summed E-state index contributed by atoms with van der Waals surface area (Å²) >= 11 is 0. The molecule has 2 aromatic heterocycles. The number of hydrogen-bond donors (Lipinski definition) is 0. The highest BCUT2D eigenvalue weighted by atomic mass is 19.1. The maximum atomic E-state index is 14.0. The maximum Gasteiger partial charge on any atom is 0.378 e. The molecule has 0 spiro atoms. The molecule has 0 aliphatic heterocycles. The van der Waals surface area contributed by atoms with E-state index in [1.807, 2.05) is 0 Å². The molecule has 24 heavy (non-hydrogen) atoms. The molecule has 0 bridgehead atoms. The molecule has 0 atom stereocenters. The van der Waals surface area contributed by atoms with E-state index in [0.29, 0.717) is 11.0 Å². The second-order valence-corrected chi connectivity index (χ2v) is 4.66. The van der Waals surface area contributed by atoms with E-state index in [9.17, 15) is 14.1 Å². The minimum atomic E-state index is -0.805. The van der Waals surface area contributed by atoms with Crippen LogP contribution in [0, 0.1) is 10.7 Å². The van der Waals surface area contributed by atoms with E-state index in [1.165, 1.54) is 24.5 Å². The third-order valence-electron chi connectivity index (χ3n) is 3.14. The molecule has 0 fully saturated rings. The number of fused-ring (bicyclic) bond motifs is 1. The van der Waals surface area contributed by atoms with Crippen LogP contribution >= 0.6 is 0 Å². The Balaban J connectivity index is 2.09. The lowest BCUT2D eigenvalue weighted by molar-refractivity contribution is 0.0488. The molecular weight excluding hydrogens is 319 g/mol. The van der Waals surface area contributed by atoms with Crippen LogP contribution in [0.25, 0.3) is 11.0 Å². The number of pyridine rings is 1. The van der Waals surface area contributed by atoms with Crippen LogP contribution in [-0.2, 0) is 4.74 Å². The number of furan rings is 1. The highest BCUT2D eigenvalue weighted by Crippen LogP contribution is 2.37. The number of halogens is 1. The lowest BCUT2D eigenvalue weighted by Gasteiger charge is -2.07. The fraction of sp³-hybridized carbons (Fsp3) is 0.125. The van der Waals surface area contributed by atoms with Crippen molar-refractivity contribution >= 4 is 22.6 Å². The van der Waals surface area contributed by atoms with Crippen molar-refractivity contribution in [1.29, 1.82) is 0 Å². The number of aromatic nitrogens is 1. The topological polar surface area (TPSA) is 91.0 Å². The van der Waals surface area contributed by atoms with Gasteiger partial charge in [-0.3, -0.25) is 4.98 Å². The number of carbonyl (C=O) groups is 1. The summed E-state index contributed by atoms with van der Waals surface area (Å²) in [5.74, 6) is -1.95. The van der Waals surface area contributed by atoms with Crippen LogP contribution in [0.3, 0.4) is 0 Å². The van der Waals surface area contributed by atoms with E-state index in [1.54, 1.807) is 13.0 Å². The molecule has 0 aliphatic carbocycles. The number of hydrogen-bond acceptors (Lipinski definition) is 7. The van der Waals surface area contributed by atoms with Crippen LogP contribution in [0.5, 0.6) is 11.5 Å². The summed E-state index contributed by atoms with van der Waals surface area (Å²) in [5, 5.41) is 3.03. The minimum Gasteiger partial charge on any atom is -0.460 e. The molecule has 0 N–H and O–H groups in total. The second-order valence-electron chi connectivity index (χ2n) is 4.66. The first-order valence-electron chi connectivity index (χ1n) is 6.98. The molecule has 3 rings (SSSR count). The molecule has 0 radical (unpaired) electrons. The molecule has 0 saturated carbocycles. The molecule has 3 aromatic rings. The fourth-order valence-electron chi connectivity index (χ4n) is 2.09. The molecule has 0 unspecified atom stereocenters. The van der Waals surface area contributed by atoms with E-state index in [-0.39, 0.29) is 29.6 Å². The number of carbonyl (C=O) groups excluding carboxylic acids is 1. The summed E-state index contributed by atoms with van der Waals surface area (Å²) in [6.45, 7) is 1.79. The maximum absolute atomic E-state index is 14.0. The van der Waals surface area contributed by atoms with Crippen LogP contribution in [0.15, 0.2) is 46.3 Å². The number of rotatable bonds is 5. The van der Waals surface area contributed by atoms with Crippen molar-refractivity contribution in [3.8, 4) is 11.5 Å². The van der Waals surface area contributed by atoms with Gasteiger partial charge in [-0.2, -0.15) is 0 Å². The van der Waals surface area contributed by atoms with E-state index in [4.69, 9.17) is 13.9 Å². The molecule has 2 heterocycles. The second kappa shape index (κ2) is 6.45. The summed E-state index contributed by atoms with van der Waals surface area (Å²) in [5.41, 5.74) is 0.263. The van der Waals surface area contributed by atoms with Crippen LogP contribution < -0.4 is 4.74 Å². The molecule has 0 saturated heterocycles. The van der Waals surface area contributed by atoms with E-state index < -0.39 is 11.8 Å². The molecule has 8 heteroatoms. The summed E-state index contributed by atoms with van der Waals surface area (Å²) in [6, 6.07) is 4.99. The van der Waals surface area contributed by atoms with Crippen LogP contribution in [0.2, 0.25) is 0 Å². The molecular formula is C16H11FN2O5. The lowest BCUT2D eigenvalue weighted by Crippen LogP contribution is -2.04. The predicted octanol–water partition coefficient (Wildman–Crippen LogP) is 4.33. The van der Waals surface area contributed by atoms with Gasteiger partial charge in [0.05, 0.1) is 12.0 Å². The van der Waals surface area contributed by atoms with Crippen LogP contribution in [-0.4, -0.2) is 17.6 Å². The monoisotopic (exact) mass is 330 g/mol. The van der Waals surface area contributed by atoms with Gasteiger partial charge >= 0.3 is 5.97 Å². The van der Waals surface area contributed by atoms with E-state index in [2.05, 4.69) is 10.2 Å². The first-order valence-corrected chi connectivity index (χ1v) is 6.98. The minimum absolute atomic E-state index is 0.0118. The Labute approximate surface area is 135 Å². The van der Waals surface area contributed by atoms with Gasteiger partial charge < -0.3 is 13.9 Å². The van der Waals surface area contributed by atoms with Crippen molar-refractivity contribution in [3.63, 3.8) is 0 Å². The molecule has 7 nitrogen and oxygen atoms in total. The third-order valence-corrected chi connectivity index (χ3v) is 3.14. The van der Waals surface area contributed by atoms with Gasteiger partial charge in [-0.1, -0.05) is 0 Å². The molecule has 122 valence electrons. The largest absolute Gasteiger partial charge is 0.460 e. The Morgan fingerprint density at radius 3 is 2.92 bits per heavy atom. The van der Waals surface area contributed by atoms with Gasteiger partial charge in [0.15, 0.2) is 17.3 Å². The first kappa shape index (κ1) is 15.6. The van der Waals surface area contributed by atoms with Gasteiger partial charge in [0, 0.05) is 18.5 Å². The van der Waals surface area contributed by atoms with E-state index in [0.717, 1.165) is 6.07 Å². The number of benzene rings is 1. The summed E-state index contributed by atoms with van der Waals surface area (Å²) < 4.78 is 29.9. The lowest BCUT2D eigenvalue weighted by atomic mass is 10.2. The highest BCUT2D eigenvalue weighted by molar-refractivity contribution is 5.98.